The van der Waals surface area contributed by atoms with Gasteiger partial charge in [-0.05, 0) is 25.0 Å². The molecule has 0 bridgehead atoms. The van der Waals surface area contributed by atoms with Crippen molar-refractivity contribution < 1.29 is 14.7 Å². The Kier molecular flexibility index (Phi) is 5.82. The molecule has 1 aromatic rings. The molecular formula is C13H18ClNO3S. The molecule has 4 nitrogen and oxygen atoms in total. The lowest BCUT2D eigenvalue weighted by molar-refractivity contribution is -0.143. The second-order valence-electron chi connectivity index (χ2n) is 4.57. The number of carbonyl (C=O) groups is 2. The predicted molar refractivity (Wildman–Crippen MR) is 76.8 cm³/mol. The Bertz CT molecular complexity index is 460. The highest BCUT2D eigenvalue weighted by molar-refractivity contribution is 7.16. The first-order valence-electron chi connectivity index (χ1n) is 6.15. The summed E-state index contributed by atoms with van der Waals surface area (Å²) < 4.78 is 0.617. The van der Waals surface area contributed by atoms with Crippen LogP contribution >= 0.6 is 22.9 Å². The predicted octanol–water partition coefficient (Wildman–Crippen LogP) is 3.12. The van der Waals surface area contributed by atoms with E-state index in [0.29, 0.717) is 10.8 Å². The van der Waals surface area contributed by atoms with Gasteiger partial charge in [-0.15, -0.1) is 11.3 Å². The standard InChI is InChI=1S/C13H18ClNO3S/c1-4-7(2)11(13(17)18)15-12(16)8(3)9-5-6-10(14)19-9/h5-8,11H,4H2,1-3H3,(H,15,16)(H,17,18). The van der Waals surface area contributed by atoms with Crippen molar-refractivity contribution in [2.24, 2.45) is 5.92 Å². The number of amides is 1. The van der Waals surface area contributed by atoms with Crippen LogP contribution in [-0.4, -0.2) is 23.0 Å². The number of hydrogen-bond acceptors (Lipinski definition) is 3. The minimum absolute atomic E-state index is 0.111. The smallest absolute Gasteiger partial charge is 0.326 e. The summed E-state index contributed by atoms with van der Waals surface area (Å²) in [4.78, 5) is 24.1. The van der Waals surface area contributed by atoms with Gasteiger partial charge in [0, 0.05) is 4.88 Å². The highest BCUT2D eigenvalue weighted by Crippen LogP contribution is 2.28. The number of aliphatic carboxylic acids is 1. The van der Waals surface area contributed by atoms with Crippen LogP contribution < -0.4 is 5.32 Å². The summed E-state index contributed by atoms with van der Waals surface area (Å²) in [5, 5.41) is 11.7. The second kappa shape index (κ2) is 6.91. The summed E-state index contributed by atoms with van der Waals surface area (Å²) in [6.45, 7) is 5.45. The molecule has 19 heavy (non-hydrogen) atoms. The largest absolute Gasteiger partial charge is 0.480 e. The molecule has 0 saturated heterocycles. The Morgan fingerprint density at radius 1 is 1.42 bits per heavy atom. The summed E-state index contributed by atoms with van der Waals surface area (Å²) in [6, 6.07) is 2.67. The molecule has 1 rings (SSSR count). The molecule has 0 aliphatic heterocycles. The van der Waals surface area contributed by atoms with Crippen LogP contribution in [0.1, 0.15) is 38.0 Å². The van der Waals surface area contributed by atoms with Crippen molar-refractivity contribution in [2.75, 3.05) is 0 Å². The zero-order valence-corrected chi connectivity index (χ0v) is 12.7. The molecule has 1 aromatic heterocycles. The molecule has 0 radical (unpaired) electrons. The number of hydrogen-bond donors (Lipinski definition) is 2. The number of halogens is 1. The SMILES string of the molecule is CCC(C)C(NC(=O)C(C)c1ccc(Cl)s1)C(=O)O. The van der Waals surface area contributed by atoms with Gasteiger partial charge < -0.3 is 10.4 Å². The van der Waals surface area contributed by atoms with E-state index in [1.807, 2.05) is 13.8 Å². The van der Waals surface area contributed by atoms with Gasteiger partial charge in [0.1, 0.15) is 6.04 Å². The Morgan fingerprint density at radius 2 is 2.05 bits per heavy atom. The topological polar surface area (TPSA) is 66.4 Å². The third-order valence-electron chi connectivity index (χ3n) is 3.19. The molecule has 6 heteroatoms. The maximum absolute atomic E-state index is 12.1. The molecule has 1 amide bonds. The van der Waals surface area contributed by atoms with Crippen molar-refractivity contribution in [3.63, 3.8) is 0 Å². The van der Waals surface area contributed by atoms with Crippen molar-refractivity contribution in [1.82, 2.24) is 5.32 Å². The first-order valence-corrected chi connectivity index (χ1v) is 7.34. The van der Waals surface area contributed by atoms with E-state index in [9.17, 15) is 9.59 Å². The van der Waals surface area contributed by atoms with E-state index in [4.69, 9.17) is 16.7 Å². The monoisotopic (exact) mass is 303 g/mol. The van der Waals surface area contributed by atoms with Gasteiger partial charge in [0.15, 0.2) is 0 Å². The fourth-order valence-corrected chi connectivity index (χ4v) is 2.76. The zero-order chi connectivity index (χ0) is 14.6. The van der Waals surface area contributed by atoms with Crippen LogP contribution in [0.5, 0.6) is 0 Å². The van der Waals surface area contributed by atoms with Gasteiger partial charge in [-0.2, -0.15) is 0 Å². The Morgan fingerprint density at radius 3 is 2.47 bits per heavy atom. The molecule has 3 atom stereocenters. The summed E-state index contributed by atoms with van der Waals surface area (Å²) in [6.07, 6.45) is 0.691. The normalized spacial score (nSPS) is 15.6. The minimum Gasteiger partial charge on any atom is -0.480 e. The van der Waals surface area contributed by atoms with Crippen molar-refractivity contribution >= 4 is 34.8 Å². The fraction of sp³-hybridized carbons (Fsp3) is 0.538. The van der Waals surface area contributed by atoms with E-state index in [-0.39, 0.29) is 11.8 Å². The Hall–Kier alpha value is -1.07. The third kappa shape index (κ3) is 4.21. The third-order valence-corrected chi connectivity index (χ3v) is 4.60. The van der Waals surface area contributed by atoms with E-state index in [1.54, 1.807) is 19.1 Å². The van der Waals surface area contributed by atoms with Crippen LogP contribution in [0.15, 0.2) is 12.1 Å². The molecule has 3 unspecified atom stereocenters. The average Bonchev–Trinajstić information content (AvgIpc) is 2.80. The lowest BCUT2D eigenvalue weighted by atomic mass is 9.98. The van der Waals surface area contributed by atoms with E-state index in [0.717, 1.165) is 4.88 Å². The molecule has 0 aliphatic rings. The lowest BCUT2D eigenvalue weighted by Crippen LogP contribution is -2.46. The first kappa shape index (κ1) is 16.0. The highest BCUT2D eigenvalue weighted by Gasteiger charge is 2.28. The van der Waals surface area contributed by atoms with E-state index in [2.05, 4.69) is 5.32 Å². The summed E-state index contributed by atoms with van der Waals surface area (Å²) in [7, 11) is 0. The van der Waals surface area contributed by atoms with Gasteiger partial charge in [-0.1, -0.05) is 31.9 Å². The maximum atomic E-state index is 12.1. The number of carboxylic acid groups (broad SMARTS) is 1. The quantitative estimate of drug-likeness (QED) is 0.848. The van der Waals surface area contributed by atoms with Crippen LogP contribution in [-0.2, 0) is 9.59 Å². The van der Waals surface area contributed by atoms with E-state index in [1.165, 1.54) is 11.3 Å². The van der Waals surface area contributed by atoms with Gasteiger partial charge in [0.05, 0.1) is 10.3 Å². The summed E-state index contributed by atoms with van der Waals surface area (Å²) >= 11 is 7.16. The number of nitrogens with one attached hydrogen (secondary N) is 1. The lowest BCUT2D eigenvalue weighted by Gasteiger charge is -2.21. The zero-order valence-electron chi connectivity index (χ0n) is 11.1. The average molecular weight is 304 g/mol. The number of carbonyl (C=O) groups excluding carboxylic acids is 1. The fourth-order valence-electron chi connectivity index (χ4n) is 1.65. The first-order chi connectivity index (χ1) is 8.86. The van der Waals surface area contributed by atoms with Gasteiger partial charge in [0.2, 0.25) is 5.91 Å². The van der Waals surface area contributed by atoms with Crippen molar-refractivity contribution in [3.05, 3.63) is 21.3 Å². The molecule has 0 fully saturated rings. The summed E-state index contributed by atoms with van der Waals surface area (Å²) in [5.74, 6) is -1.80. The van der Waals surface area contributed by atoms with Gasteiger partial charge in [-0.3, -0.25) is 4.79 Å². The molecule has 0 saturated carbocycles. The molecule has 0 aliphatic carbocycles. The van der Waals surface area contributed by atoms with Crippen molar-refractivity contribution in [2.45, 2.75) is 39.2 Å². The molecular weight excluding hydrogens is 286 g/mol. The molecule has 0 spiro atoms. The number of carboxylic acids is 1. The van der Waals surface area contributed by atoms with Crippen molar-refractivity contribution in [3.8, 4) is 0 Å². The minimum atomic E-state index is -1.00. The Labute approximate surface area is 121 Å². The van der Waals surface area contributed by atoms with Crippen LogP contribution in [0.2, 0.25) is 4.34 Å². The van der Waals surface area contributed by atoms with Crippen LogP contribution in [0.4, 0.5) is 0 Å². The van der Waals surface area contributed by atoms with Crippen LogP contribution in [0.3, 0.4) is 0 Å². The molecule has 2 N–H and O–H groups in total. The number of rotatable bonds is 6. The highest BCUT2D eigenvalue weighted by atomic mass is 35.5. The maximum Gasteiger partial charge on any atom is 0.326 e. The molecule has 1 heterocycles. The Balaban J connectivity index is 2.74. The van der Waals surface area contributed by atoms with Gasteiger partial charge in [0.25, 0.3) is 0 Å². The molecule has 106 valence electrons. The summed E-state index contributed by atoms with van der Waals surface area (Å²) in [5.41, 5.74) is 0. The molecule has 0 aromatic carbocycles. The van der Waals surface area contributed by atoms with Gasteiger partial charge in [-0.25, -0.2) is 4.79 Å². The van der Waals surface area contributed by atoms with E-state index < -0.39 is 17.9 Å². The van der Waals surface area contributed by atoms with Gasteiger partial charge >= 0.3 is 5.97 Å². The van der Waals surface area contributed by atoms with E-state index >= 15 is 0 Å². The van der Waals surface area contributed by atoms with Crippen molar-refractivity contribution in [1.29, 1.82) is 0 Å². The van der Waals surface area contributed by atoms with Crippen LogP contribution in [0.25, 0.3) is 0 Å². The van der Waals surface area contributed by atoms with Crippen LogP contribution in [0, 0.1) is 5.92 Å². The second-order valence-corrected chi connectivity index (χ2v) is 6.32. The number of thiophene rings is 1.